The summed E-state index contributed by atoms with van der Waals surface area (Å²) in [6, 6.07) is 9.47. The topological polar surface area (TPSA) is 30.7 Å². The normalized spacial score (nSPS) is 11.1. The minimum absolute atomic E-state index is 0.291. The molecule has 0 fully saturated rings. The van der Waals surface area contributed by atoms with E-state index in [1.54, 1.807) is 6.20 Å². The van der Waals surface area contributed by atoms with Gasteiger partial charge in [0.05, 0.1) is 16.6 Å². The van der Waals surface area contributed by atoms with Gasteiger partial charge >= 0.3 is 0 Å². The zero-order chi connectivity index (χ0) is 13.4. The molecule has 96 valence electrons. The van der Waals surface area contributed by atoms with Gasteiger partial charge in [-0.05, 0) is 34.1 Å². The summed E-state index contributed by atoms with van der Waals surface area (Å²) in [5, 5.41) is 0.637. The second-order valence-electron chi connectivity index (χ2n) is 3.94. The number of alkyl halides is 1. The van der Waals surface area contributed by atoms with Crippen molar-refractivity contribution in [2.24, 2.45) is 0 Å². The highest BCUT2D eigenvalue weighted by molar-refractivity contribution is 9.10. The number of fused-ring (bicyclic) bond motifs is 1. The van der Waals surface area contributed by atoms with Gasteiger partial charge in [0.2, 0.25) is 0 Å². The van der Waals surface area contributed by atoms with Gasteiger partial charge < -0.3 is 0 Å². The van der Waals surface area contributed by atoms with Crippen molar-refractivity contribution in [1.29, 1.82) is 0 Å². The van der Waals surface area contributed by atoms with Gasteiger partial charge in [-0.3, -0.25) is 4.57 Å². The highest BCUT2D eigenvalue weighted by atomic mass is 79.9. The predicted molar refractivity (Wildman–Crippen MR) is 81.1 cm³/mol. The Kier molecular flexibility index (Phi) is 3.48. The zero-order valence-corrected chi connectivity index (χ0v) is 12.7. The van der Waals surface area contributed by atoms with Crippen LogP contribution in [0.4, 0.5) is 0 Å². The summed E-state index contributed by atoms with van der Waals surface area (Å²) in [7, 11) is 0. The molecule has 0 spiro atoms. The van der Waals surface area contributed by atoms with E-state index < -0.39 is 0 Å². The molecule has 3 aromatic rings. The highest BCUT2D eigenvalue weighted by Gasteiger charge is 2.14. The van der Waals surface area contributed by atoms with E-state index in [1.807, 2.05) is 34.9 Å². The van der Waals surface area contributed by atoms with Crippen LogP contribution >= 0.6 is 39.1 Å². The van der Waals surface area contributed by atoms with Crippen LogP contribution in [0.5, 0.6) is 0 Å². The zero-order valence-electron chi connectivity index (χ0n) is 9.65. The van der Waals surface area contributed by atoms with Crippen molar-refractivity contribution >= 4 is 50.3 Å². The van der Waals surface area contributed by atoms with Crippen molar-refractivity contribution in [2.75, 3.05) is 0 Å². The Hall–Kier alpha value is -1.10. The monoisotopic (exact) mass is 355 g/mol. The molecule has 2 heterocycles. The van der Waals surface area contributed by atoms with Gasteiger partial charge in [0.15, 0.2) is 5.65 Å². The van der Waals surface area contributed by atoms with Crippen LogP contribution in [0.3, 0.4) is 0 Å². The fraction of sp³-hybridized carbons (Fsp3) is 0.0769. The molecule has 0 N–H and O–H groups in total. The summed E-state index contributed by atoms with van der Waals surface area (Å²) in [5.74, 6) is 1.01. The first-order valence-electron chi connectivity index (χ1n) is 5.54. The Balaban J connectivity index is 2.36. The van der Waals surface area contributed by atoms with E-state index in [2.05, 4.69) is 25.9 Å². The van der Waals surface area contributed by atoms with Crippen molar-refractivity contribution in [3.63, 3.8) is 0 Å². The summed E-state index contributed by atoms with van der Waals surface area (Å²) in [5.41, 5.74) is 2.36. The van der Waals surface area contributed by atoms with Crippen LogP contribution in [0.25, 0.3) is 16.9 Å². The maximum atomic E-state index is 6.25. The van der Waals surface area contributed by atoms with Crippen LogP contribution in [-0.4, -0.2) is 14.5 Å². The molecule has 0 bridgehead atoms. The Bertz CT molecular complexity index is 755. The number of pyridine rings is 1. The van der Waals surface area contributed by atoms with Crippen LogP contribution < -0.4 is 0 Å². The van der Waals surface area contributed by atoms with Crippen molar-refractivity contribution in [2.45, 2.75) is 5.88 Å². The van der Waals surface area contributed by atoms with Crippen LogP contribution in [-0.2, 0) is 5.88 Å². The quantitative estimate of drug-likeness (QED) is 0.629. The van der Waals surface area contributed by atoms with E-state index in [0.29, 0.717) is 10.9 Å². The summed E-state index contributed by atoms with van der Waals surface area (Å²) >= 11 is 15.6. The summed E-state index contributed by atoms with van der Waals surface area (Å²) in [6.45, 7) is 0. The lowest BCUT2D eigenvalue weighted by Gasteiger charge is -2.08. The van der Waals surface area contributed by atoms with E-state index in [4.69, 9.17) is 23.2 Å². The standard InChI is InChI=1S/C13H8BrCl2N3/c14-8-5-10-13(17-7-8)19(12(6-15)18-10)11-4-2-1-3-9(11)16/h1-5,7H,6H2. The third-order valence-electron chi connectivity index (χ3n) is 2.75. The molecule has 3 nitrogen and oxygen atoms in total. The first-order valence-corrected chi connectivity index (χ1v) is 7.25. The molecule has 1 aromatic carbocycles. The van der Waals surface area contributed by atoms with Crippen LogP contribution in [0, 0.1) is 0 Å². The maximum absolute atomic E-state index is 6.25. The second-order valence-corrected chi connectivity index (χ2v) is 5.53. The molecule has 3 rings (SSSR count). The molecule has 0 amide bonds. The van der Waals surface area contributed by atoms with E-state index >= 15 is 0 Å². The van der Waals surface area contributed by atoms with Crippen molar-refractivity contribution in [1.82, 2.24) is 14.5 Å². The van der Waals surface area contributed by atoms with Crippen molar-refractivity contribution in [3.8, 4) is 5.69 Å². The number of halogens is 3. The average Bonchev–Trinajstić information content (AvgIpc) is 2.76. The maximum Gasteiger partial charge on any atom is 0.164 e. The number of aromatic nitrogens is 3. The predicted octanol–water partition coefficient (Wildman–Crippen LogP) is 4.58. The number of hydrogen-bond donors (Lipinski definition) is 0. The van der Waals surface area contributed by atoms with Gasteiger partial charge in [0.1, 0.15) is 11.3 Å². The SMILES string of the molecule is ClCc1nc2cc(Br)cnc2n1-c1ccccc1Cl. The van der Waals surface area contributed by atoms with Gasteiger partial charge in [-0.15, -0.1) is 11.6 Å². The number of para-hydroxylation sites is 1. The lowest BCUT2D eigenvalue weighted by atomic mass is 10.3. The van der Waals surface area contributed by atoms with Gasteiger partial charge in [-0.25, -0.2) is 9.97 Å². The first-order chi connectivity index (χ1) is 9.20. The highest BCUT2D eigenvalue weighted by Crippen LogP contribution is 2.27. The lowest BCUT2D eigenvalue weighted by molar-refractivity contribution is 0.970. The molecule has 0 radical (unpaired) electrons. The third kappa shape index (κ3) is 2.24. The van der Waals surface area contributed by atoms with Gasteiger partial charge in [-0.2, -0.15) is 0 Å². The Labute approximate surface area is 128 Å². The fourth-order valence-electron chi connectivity index (χ4n) is 1.96. The molecule has 0 aliphatic carbocycles. The van der Waals surface area contributed by atoms with E-state index in [-0.39, 0.29) is 0 Å². The van der Waals surface area contributed by atoms with Gasteiger partial charge in [0, 0.05) is 10.7 Å². The van der Waals surface area contributed by atoms with E-state index in [0.717, 1.165) is 27.1 Å². The molecule has 6 heteroatoms. The molecular weight excluding hydrogens is 349 g/mol. The Morgan fingerprint density at radius 1 is 1.26 bits per heavy atom. The fourth-order valence-corrected chi connectivity index (χ4v) is 2.68. The molecule has 0 aliphatic rings. The average molecular weight is 357 g/mol. The van der Waals surface area contributed by atoms with E-state index in [1.165, 1.54) is 0 Å². The van der Waals surface area contributed by atoms with Crippen molar-refractivity contribution < 1.29 is 0 Å². The molecule has 0 aliphatic heterocycles. The Morgan fingerprint density at radius 3 is 2.79 bits per heavy atom. The van der Waals surface area contributed by atoms with Crippen molar-refractivity contribution in [3.05, 3.63) is 51.8 Å². The minimum Gasteiger partial charge on any atom is -0.278 e. The molecule has 0 saturated heterocycles. The van der Waals surface area contributed by atoms with Crippen LogP contribution in [0.1, 0.15) is 5.82 Å². The number of rotatable bonds is 2. The molecule has 0 saturated carbocycles. The Morgan fingerprint density at radius 2 is 2.05 bits per heavy atom. The minimum atomic E-state index is 0.291. The lowest BCUT2D eigenvalue weighted by Crippen LogP contribution is -2.00. The van der Waals surface area contributed by atoms with Crippen LogP contribution in [0.2, 0.25) is 5.02 Å². The number of benzene rings is 1. The molecular formula is C13H8BrCl2N3. The number of nitrogens with zero attached hydrogens (tertiary/aromatic N) is 3. The smallest absolute Gasteiger partial charge is 0.164 e. The molecule has 0 unspecified atom stereocenters. The van der Waals surface area contributed by atoms with Crippen LogP contribution in [0.15, 0.2) is 41.0 Å². The number of hydrogen-bond acceptors (Lipinski definition) is 2. The second kappa shape index (κ2) is 5.12. The first kappa shape index (κ1) is 12.9. The largest absolute Gasteiger partial charge is 0.278 e. The molecule has 19 heavy (non-hydrogen) atoms. The number of imidazole rings is 1. The third-order valence-corrected chi connectivity index (χ3v) is 3.74. The van der Waals surface area contributed by atoms with Gasteiger partial charge in [-0.1, -0.05) is 23.7 Å². The summed E-state index contributed by atoms with van der Waals surface area (Å²) in [6.07, 6.45) is 1.73. The summed E-state index contributed by atoms with van der Waals surface area (Å²) in [4.78, 5) is 8.89. The summed E-state index contributed by atoms with van der Waals surface area (Å²) < 4.78 is 2.77. The molecule has 2 aromatic heterocycles. The molecule has 0 atom stereocenters. The van der Waals surface area contributed by atoms with E-state index in [9.17, 15) is 0 Å². The van der Waals surface area contributed by atoms with Gasteiger partial charge in [0.25, 0.3) is 0 Å².